The molecule has 0 fully saturated rings. The van der Waals surface area contributed by atoms with Crippen molar-refractivity contribution in [3.05, 3.63) is 48.2 Å². The van der Waals surface area contributed by atoms with Crippen molar-refractivity contribution in [2.75, 3.05) is 5.73 Å². The summed E-state index contributed by atoms with van der Waals surface area (Å²) in [7, 11) is 0. The Balaban J connectivity index is 2.11. The van der Waals surface area contributed by atoms with E-state index in [4.69, 9.17) is 11.5 Å². The second-order valence-electron chi connectivity index (χ2n) is 3.53. The van der Waals surface area contributed by atoms with Gasteiger partial charge in [-0.3, -0.25) is 0 Å². The molecule has 5 nitrogen and oxygen atoms in total. The van der Waals surface area contributed by atoms with Crippen molar-refractivity contribution in [3.63, 3.8) is 0 Å². The molecule has 0 bridgehead atoms. The van der Waals surface area contributed by atoms with Gasteiger partial charge in [0.25, 0.3) is 0 Å². The van der Waals surface area contributed by atoms with Crippen LogP contribution in [-0.4, -0.2) is 15.0 Å². The summed E-state index contributed by atoms with van der Waals surface area (Å²) in [4.78, 5) is 11.9. The third kappa shape index (κ3) is 2.52. The van der Waals surface area contributed by atoms with Crippen LogP contribution >= 0.6 is 0 Å². The Bertz CT molecular complexity index is 457. The zero-order chi connectivity index (χ0) is 11.4. The third-order valence-electron chi connectivity index (χ3n) is 2.29. The van der Waals surface area contributed by atoms with Crippen molar-refractivity contribution in [2.45, 2.75) is 12.5 Å². The number of anilines is 1. The summed E-state index contributed by atoms with van der Waals surface area (Å²) < 4.78 is 0. The van der Waals surface area contributed by atoms with Gasteiger partial charge in [0.15, 0.2) is 0 Å². The average Bonchev–Trinajstić information content (AvgIpc) is 2.30. The topological polar surface area (TPSA) is 90.7 Å². The minimum Gasteiger partial charge on any atom is -0.384 e. The van der Waals surface area contributed by atoms with Gasteiger partial charge in [-0.15, -0.1) is 0 Å². The molecule has 0 spiro atoms. The SMILES string of the molecule is Nc1cc(CC(N)c2ccncn2)ccn1. The minimum atomic E-state index is -0.148. The van der Waals surface area contributed by atoms with Crippen LogP contribution in [0, 0.1) is 0 Å². The molecule has 4 N–H and O–H groups in total. The molecule has 0 aliphatic carbocycles. The molecule has 5 heteroatoms. The molecule has 0 amide bonds. The maximum absolute atomic E-state index is 6.03. The summed E-state index contributed by atoms with van der Waals surface area (Å²) in [6, 6.07) is 5.39. The highest BCUT2D eigenvalue weighted by molar-refractivity contribution is 5.32. The Labute approximate surface area is 93.6 Å². The van der Waals surface area contributed by atoms with Gasteiger partial charge in [-0.25, -0.2) is 15.0 Å². The van der Waals surface area contributed by atoms with Crippen LogP contribution in [0.5, 0.6) is 0 Å². The molecular formula is C11H13N5. The highest BCUT2D eigenvalue weighted by Gasteiger charge is 2.08. The first-order valence-electron chi connectivity index (χ1n) is 4.97. The van der Waals surface area contributed by atoms with Gasteiger partial charge in [-0.1, -0.05) is 0 Å². The molecule has 0 radical (unpaired) electrons. The van der Waals surface area contributed by atoms with Gasteiger partial charge >= 0.3 is 0 Å². The average molecular weight is 215 g/mol. The monoisotopic (exact) mass is 215 g/mol. The Morgan fingerprint density at radius 3 is 2.75 bits per heavy atom. The van der Waals surface area contributed by atoms with Crippen LogP contribution < -0.4 is 11.5 Å². The number of nitrogens with two attached hydrogens (primary N) is 2. The van der Waals surface area contributed by atoms with E-state index < -0.39 is 0 Å². The lowest BCUT2D eigenvalue weighted by Gasteiger charge is -2.10. The smallest absolute Gasteiger partial charge is 0.123 e. The third-order valence-corrected chi connectivity index (χ3v) is 2.29. The maximum Gasteiger partial charge on any atom is 0.123 e. The first-order valence-corrected chi connectivity index (χ1v) is 4.97. The first-order chi connectivity index (χ1) is 7.75. The number of nitrogen functional groups attached to an aromatic ring is 1. The number of hydrogen-bond acceptors (Lipinski definition) is 5. The normalized spacial score (nSPS) is 12.3. The second-order valence-corrected chi connectivity index (χ2v) is 3.53. The highest BCUT2D eigenvalue weighted by Crippen LogP contribution is 2.13. The predicted octanol–water partition coefficient (Wildman–Crippen LogP) is 0.696. The van der Waals surface area contributed by atoms with Gasteiger partial charge < -0.3 is 11.5 Å². The van der Waals surface area contributed by atoms with E-state index in [-0.39, 0.29) is 6.04 Å². The van der Waals surface area contributed by atoms with E-state index >= 15 is 0 Å². The van der Waals surface area contributed by atoms with Crippen LogP contribution in [0.1, 0.15) is 17.3 Å². The molecule has 2 rings (SSSR count). The molecule has 0 saturated carbocycles. The highest BCUT2D eigenvalue weighted by atomic mass is 14.8. The van der Waals surface area contributed by atoms with Gasteiger partial charge in [-0.05, 0) is 30.2 Å². The van der Waals surface area contributed by atoms with Gasteiger partial charge in [0, 0.05) is 12.4 Å². The molecule has 2 heterocycles. The fourth-order valence-electron chi connectivity index (χ4n) is 1.50. The zero-order valence-electron chi connectivity index (χ0n) is 8.74. The van der Waals surface area contributed by atoms with Gasteiger partial charge in [0.05, 0.1) is 11.7 Å². The molecule has 1 unspecified atom stereocenters. The first kappa shape index (κ1) is 10.5. The van der Waals surface area contributed by atoms with Crippen molar-refractivity contribution in [2.24, 2.45) is 5.73 Å². The molecule has 2 aromatic rings. The molecule has 0 saturated heterocycles. The van der Waals surface area contributed by atoms with Crippen LogP contribution in [0.15, 0.2) is 36.9 Å². The summed E-state index contributed by atoms with van der Waals surface area (Å²) >= 11 is 0. The molecule has 0 aliphatic heterocycles. The van der Waals surface area contributed by atoms with E-state index in [1.165, 1.54) is 6.33 Å². The lowest BCUT2D eigenvalue weighted by atomic mass is 10.1. The maximum atomic E-state index is 6.03. The van der Waals surface area contributed by atoms with Crippen LogP contribution in [0.25, 0.3) is 0 Å². The minimum absolute atomic E-state index is 0.148. The molecule has 0 aliphatic rings. The van der Waals surface area contributed by atoms with E-state index in [9.17, 15) is 0 Å². The van der Waals surface area contributed by atoms with Crippen molar-refractivity contribution in [1.82, 2.24) is 15.0 Å². The lowest BCUT2D eigenvalue weighted by molar-refractivity contribution is 0.692. The van der Waals surface area contributed by atoms with E-state index in [1.807, 2.05) is 18.2 Å². The standard InChI is InChI=1S/C11H13N5/c12-9(10-2-3-14-7-16-10)5-8-1-4-15-11(13)6-8/h1-4,6-7,9H,5,12H2,(H2,13,15). The summed E-state index contributed by atoms with van der Waals surface area (Å²) in [5, 5.41) is 0. The number of rotatable bonds is 3. The second kappa shape index (κ2) is 4.67. The largest absolute Gasteiger partial charge is 0.384 e. The van der Waals surface area contributed by atoms with Crippen LogP contribution in [0.4, 0.5) is 5.82 Å². The lowest BCUT2D eigenvalue weighted by Crippen LogP contribution is -2.15. The van der Waals surface area contributed by atoms with Gasteiger partial charge in [0.2, 0.25) is 0 Å². The van der Waals surface area contributed by atoms with E-state index in [0.717, 1.165) is 11.3 Å². The van der Waals surface area contributed by atoms with Crippen LogP contribution in [0.2, 0.25) is 0 Å². The van der Waals surface area contributed by atoms with E-state index in [2.05, 4.69) is 15.0 Å². The fraction of sp³-hybridized carbons (Fsp3) is 0.182. The number of nitrogens with zero attached hydrogens (tertiary/aromatic N) is 3. The number of aromatic nitrogens is 3. The van der Waals surface area contributed by atoms with Crippen molar-refractivity contribution < 1.29 is 0 Å². The van der Waals surface area contributed by atoms with Crippen molar-refractivity contribution >= 4 is 5.82 Å². The van der Waals surface area contributed by atoms with Gasteiger partial charge in [-0.2, -0.15) is 0 Å². The molecule has 16 heavy (non-hydrogen) atoms. The Kier molecular flexibility index (Phi) is 3.07. The molecule has 82 valence electrons. The molecule has 1 atom stereocenters. The Morgan fingerprint density at radius 2 is 2.06 bits per heavy atom. The van der Waals surface area contributed by atoms with Crippen LogP contribution in [0.3, 0.4) is 0 Å². The van der Waals surface area contributed by atoms with Gasteiger partial charge in [0.1, 0.15) is 12.1 Å². The number of hydrogen-bond donors (Lipinski definition) is 2. The van der Waals surface area contributed by atoms with Crippen molar-refractivity contribution in [3.8, 4) is 0 Å². The van der Waals surface area contributed by atoms with E-state index in [0.29, 0.717) is 12.2 Å². The molecule has 0 aromatic carbocycles. The molecule has 2 aromatic heterocycles. The predicted molar refractivity (Wildman–Crippen MR) is 61.3 cm³/mol. The number of pyridine rings is 1. The Morgan fingerprint density at radius 1 is 1.19 bits per heavy atom. The Hall–Kier alpha value is -2.01. The zero-order valence-corrected chi connectivity index (χ0v) is 8.74. The van der Waals surface area contributed by atoms with Crippen molar-refractivity contribution in [1.29, 1.82) is 0 Å². The molecular weight excluding hydrogens is 202 g/mol. The summed E-state index contributed by atoms with van der Waals surface area (Å²) in [6.07, 6.45) is 5.54. The summed E-state index contributed by atoms with van der Waals surface area (Å²) in [5.74, 6) is 0.507. The fourth-order valence-corrected chi connectivity index (χ4v) is 1.50. The van der Waals surface area contributed by atoms with E-state index in [1.54, 1.807) is 12.4 Å². The van der Waals surface area contributed by atoms with Crippen LogP contribution in [-0.2, 0) is 6.42 Å². The summed E-state index contributed by atoms with van der Waals surface area (Å²) in [5.41, 5.74) is 13.5. The summed E-state index contributed by atoms with van der Waals surface area (Å²) in [6.45, 7) is 0. The quantitative estimate of drug-likeness (QED) is 0.786.